The van der Waals surface area contributed by atoms with Crippen molar-refractivity contribution >= 4 is 27.3 Å². The molecule has 0 fully saturated rings. The number of nitrogens with one attached hydrogen (secondary N) is 3. The number of benzene rings is 1. The fraction of sp³-hybridized carbons (Fsp3) is 0.250. The average Bonchev–Trinajstić information content (AvgIpc) is 2.77. The molecule has 0 atom stereocenters. The van der Waals surface area contributed by atoms with Gasteiger partial charge in [0.05, 0.1) is 5.02 Å². The molecule has 0 spiro atoms. The summed E-state index contributed by atoms with van der Waals surface area (Å²) >= 11 is 5.82. The van der Waals surface area contributed by atoms with Crippen LogP contribution in [0.15, 0.2) is 23.2 Å². The summed E-state index contributed by atoms with van der Waals surface area (Å²) in [5.74, 6) is -0.756. The number of aromatic nitrogens is 2. The molecule has 0 amide bonds. The van der Waals surface area contributed by atoms with Gasteiger partial charge in [-0.3, -0.25) is 9.82 Å². The zero-order valence-electron chi connectivity index (χ0n) is 11.4. The Hall–Kier alpha value is -1.64. The number of H-pyrrole nitrogens is 1. The smallest absolute Gasteiger partial charge is 0.281 e. The maximum Gasteiger partial charge on any atom is 0.281 e. The van der Waals surface area contributed by atoms with Crippen LogP contribution < -0.4 is 10.0 Å². The van der Waals surface area contributed by atoms with Crippen LogP contribution in [0.5, 0.6) is 0 Å². The third kappa shape index (κ3) is 3.17. The van der Waals surface area contributed by atoms with Crippen LogP contribution >= 0.6 is 11.6 Å². The molecule has 0 bridgehead atoms. The molecule has 2 rings (SSSR count). The molecule has 0 saturated carbocycles. The van der Waals surface area contributed by atoms with Crippen molar-refractivity contribution in [3.05, 3.63) is 40.3 Å². The fourth-order valence-electron chi connectivity index (χ4n) is 1.82. The molecule has 0 saturated heterocycles. The third-order valence-corrected chi connectivity index (χ3v) is 4.48. The first kappa shape index (κ1) is 15.7. The maximum atomic E-state index is 13.7. The number of hydrogen-bond donors (Lipinski definition) is 3. The number of nitrogens with zero attached hydrogens (tertiary/aromatic N) is 1. The number of hydrogen-bond acceptors (Lipinski definition) is 4. The highest BCUT2D eigenvalue weighted by molar-refractivity contribution is 7.92. The molecule has 0 aliphatic carbocycles. The van der Waals surface area contributed by atoms with Crippen LogP contribution in [0.4, 0.5) is 10.1 Å². The summed E-state index contributed by atoms with van der Waals surface area (Å²) < 4.78 is 40.6. The van der Waals surface area contributed by atoms with Gasteiger partial charge in [0.1, 0.15) is 11.5 Å². The second kappa shape index (κ2) is 6.00. The monoisotopic (exact) mass is 332 g/mol. The number of halogens is 2. The molecule has 6 nitrogen and oxygen atoms in total. The minimum absolute atomic E-state index is 0.0269. The Kier molecular flexibility index (Phi) is 4.50. The van der Waals surface area contributed by atoms with Gasteiger partial charge in [-0.1, -0.05) is 17.7 Å². The van der Waals surface area contributed by atoms with Crippen LogP contribution in [0, 0.1) is 12.7 Å². The van der Waals surface area contributed by atoms with Crippen molar-refractivity contribution in [1.29, 1.82) is 0 Å². The summed E-state index contributed by atoms with van der Waals surface area (Å²) in [6.07, 6.45) is 0. The largest absolute Gasteiger partial charge is 0.316 e. The van der Waals surface area contributed by atoms with Gasteiger partial charge in [0.2, 0.25) is 5.03 Å². The number of rotatable bonds is 5. The van der Waals surface area contributed by atoms with Crippen molar-refractivity contribution in [3.63, 3.8) is 0 Å². The van der Waals surface area contributed by atoms with Gasteiger partial charge in [-0.15, -0.1) is 0 Å². The maximum absolute atomic E-state index is 13.7. The lowest BCUT2D eigenvalue weighted by Crippen LogP contribution is -2.18. The second-order valence-electron chi connectivity index (χ2n) is 4.36. The highest BCUT2D eigenvalue weighted by Crippen LogP contribution is 2.28. The van der Waals surface area contributed by atoms with Crippen molar-refractivity contribution in [2.75, 3.05) is 11.8 Å². The molecule has 0 unspecified atom stereocenters. The zero-order valence-corrected chi connectivity index (χ0v) is 12.9. The van der Waals surface area contributed by atoms with Crippen LogP contribution in [-0.2, 0) is 16.6 Å². The molecule has 9 heteroatoms. The quantitative estimate of drug-likeness (QED) is 0.782. The Labute approximate surface area is 126 Å². The van der Waals surface area contributed by atoms with Crippen molar-refractivity contribution in [2.24, 2.45) is 0 Å². The zero-order chi connectivity index (χ0) is 15.6. The molecule has 3 N–H and O–H groups in total. The Bertz CT molecular complexity index is 740. The lowest BCUT2D eigenvalue weighted by molar-refractivity contribution is 0.592. The van der Waals surface area contributed by atoms with E-state index in [1.165, 1.54) is 12.1 Å². The number of para-hydroxylation sites is 1. The molecule has 0 radical (unpaired) electrons. The van der Waals surface area contributed by atoms with Crippen LogP contribution in [0.25, 0.3) is 0 Å². The molecular weight excluding hydrogens is 319 g/mol. The molecule has 114 valence electrons. The summed E-state index contributed by atoms with van der Waals surface area (Å²) in [6.45, 7) is 2.01. The number of aryl methyl sites for hydroxylation is 1. The molecule has 21 heavy (non-hydrogen) atoms. The van der Waals surface area contributed by atoms with E-state index in [0.717, 1.165) is 6.07 Å². The normalized spacial score (nSPS) is 11.6. The molecule has 0 aliphatic rings. The summed E-state index contributed by atoms with van der Waals surface area (Å²) in [7, 11) is -2.36. The highest BCUT2D eigenvalue weighted by atomic mass is 35.5. The Balaban J connectivity index is 2.44. The minimum atomic E-state index is -4.05. The van der Waals surface area contributed by atoms with Crippen LogP contribution in [-0.4, -0.2) is 25.7 Å². The van der Waals surface area contributed by atoms with Crippen LogP contribution in [0.2, 0.25) is 5.02 Å². The topological polar surface area (TPSA) is 86.9 Å². The van der Waals surface area contributed by atoms with Gasteiger partial charge in [0, 0.05) is 17.8 Å². The Morgan fingerprint density at radius 1 is 1.43 bits per heavy atom. The van der Waals surface area contributed by atoms with E-state index in [4.69, 9.17) is 11.6 Å². The average molecular weight is 333 g/mol. The Morgan fingerprint density at radius 3 is 2.76 bits per heavy atom. The van der Waals surface area contributed by atoms with E-state index in [1.54, 1.807) is 14.0 Å². The van der Waals surface area contributed by atoms with Crippen LogP contribution in [0.1, 0.15) is 11.3 Å². The first-order valence-electron chi connectivity index (χ1n) is 6.02. The second-order valence-corrected chi connectivity index (χ2v) is 6.37. The predicted octanol–water partition coefficient (Wildman–Crippen LogP) is 2.03. The van der Waals surface area contributed by atoms with Crippen LogP contribution in [0.3, 0.4) is 0 Å². The molecule has 1 heterocycles. The number of sulfonamides is 1. The third-order valence-electron chi connectivity index (χ3n) is 2.84. The van der Waals surface area contributed by atoms with E-state index >= 15 is 0 Å². The van der Waals surface area contributed by atoms with Gasteiger partial charge >= 0.3 is 0 Å². The van der Waals surface area contributed by atoms with Gasteiger partial charge in [-0.05, 0) is 26.1 Å². The first-order chi connectivity index (χ1) is 9.86. The van der Waals surface area contributed by atoms with Gasteiger partial charge in [-0.2, -0.15) is 13.5 Å². The summed E-state index contributed by atoms with van der Waals surface area (Å²) in [5.41, 5.74) is 0.803. The first-order valence-corrected chi connectivity index (χ1v) is 7.88. The summed E-state index contributed by atoms with van der Waals surface area (Å²) in [4.78, 5) is 0. The fourth-order valence-corrected chi connectivity index (χ4v) is 3.37. The van der Waals surface area contributed by atoms with Gasteiger partial charge in [0.15, 0.2) is 0 Å². The molecule has 1 aromatic carbocycles. The van der Waals surface area contributed by atoms with E-state index in [9.17, 15) is 12.8 Å². The minimum Gasteiger partial charge on any atom is -0.316 e. The molecule has 2 aromatic rings. The molecule has 0 aliphatic heterocycles. The SMILES string of the molecule is CNCc1c(S(=O)(=O)Nc2c(F)cccc2Cl)n[nH]c1C. The van der Waals surface area contributed by atoms with Crippen molar-refractivity contribution in [3.8, 4) is 0 Å². The number of anilines is 1. The summed E-state index contributed by atoms with van der Waals surface area (Å²) in [6, 6.07) is 3.90. The van der Waals surface area contributed by atoms with Gasteiger partial charge in [0.25, 0.3) is 10.0 Å². The van der Waals surface area contributed by atoms with Crippen molar-refractivity contribution < 1.29 is 12.8 Å². The highest BCUT2D eigenvalue weighted by Gasteiger charge is 2.25. The van der Waals surface area contributed by atoms with E-state index in [0.29, 0.717) is 17.8 Å². The standard InChI is InChI=1S/C12H14ClFN4O2S/c1-7-8(6-15-2)12(17-16-7)21(19,20)18-11-9(13)4-3-5-10(11)14/h3-5,15,18H,6H2,1-2H3,(H,16,17). The molecular formula is C12H14ClFN4O2S. The van der Waals surface area contributed by atoms with Crippen molar-refractivity contribution in [1.82, 2.24) is 15.5 Å². The van der Waals surface area contributed by atoms with Gasteiger partial charge < -0.3 is 5.32 Å². The predicted molar refractivity (Wildman–Crippen MR) is 78.3 cm³/mol. The van der Waals surface area contributed by atoms with E-state index < -0.39 is 15.8 Å². The molecule has 1 aromatic heterocycles. The van der Waals surface area contributed by atoms with Crippen molar-refractivity contribution in [2.45, 2.75) is 18.5 Å². The lowest BCUT2D eigenvalue weighted by atomic mass is 10.3. The Morgan fingerprint density at radius 2 is 2.14 bits per heavy atom. The lowest BCUT2D eigenvalue weighted by Gasteiger charge is -2.10. The summed E-state index contributed by atoms with van der Waals surface area (Å²) in [5, 5.41) is 9.03. The van der Waals surface area contributed by atoms with E-state index in [-0.39, 0.29) is 15.7 Å². The van der Waals surface area contributed by atoms with E-state index in [1.807, 2.05) is 0 Å². The number of aromatic amines is 1. The van der Waals surface area contributed by atoms with Gasteiger partial charge in [-0.25, -0.2) is 4.39 Å². The van der Waals surface area contributed by atoms with E-state index in [2.05, 4.69) is 20.2 Å².